The molecule has 8 nitrogen and oxygen atoms in total. The summed E-state index contributed by atoms with van der Waals surface area (Å²) in [5.41, 5.74) is 0.841. The van der Waals surface area contributed by atoms with Gasteiger partial charge in [-0.3, -0.25) is 14.4 Å². The highest BCUT2D eigenvalue weighted by Gasteiger charge is 2.29. The summed E-state index contributed by atoms with van der Waals surface area (Å²) >= 11 is 0. The van der Waals surface area contributed by atoms with Crippen LogP contribution in [0.15, 0.2) is 30.3 Å². The van der Waals surface area contributed by atoms with Crippen molar-refractivity contribution in [2.45, 2.75) is 70.9 Å². The van der Waals surface area contributed by atoms with Crippen LogP contribution in [0.5, 0.6) is 0 Å². The molecule has 0 bridgehead atoms. The fourth-order valence-electron chi connectivity index (χ4n) is 4.05. The van der Waals surface area contributed by atoms with Gasteiger partial charge in [-0.25, -0.2) is 4.79 Å². The number of aliphatic hydroxyl groups is 1. The first-order valence-corrected chi connectivity index (χ1v) is 11.8. The highest BCUT2D eigenvalue weighted by Crippen LogP contribution is 2.25. The van der Waals surface area contributed by atoms with Gasteiger partial charge in [0.15, 0.2) is 5.78 Å². The van der Waals surface area contributed by atoms with Crippen molar-refractivity contribution in [2.75, 3.05) is 13.2 Å². The fourth-order valence-corrected chi connectivity index (χ4v) is 4.05. The van der Waals surface area contributed by atoms with E-state index in [1.165, 1.54) is 0 Å². The number of carbonyl (C=O) groups is 4. The molecule has 3 N–H and O–H groups in total. The molecule has 1 saturated carbocycles. The van der Waals surface area contributed by atoms with Crippen LogP contribution in [-0.2, 0) is 25.7 Å². The van der Waals surface area contributed by atoms with E-state index in [0.29, 0.717) is 19.3 Å². The SMILES string of the molecule is CCCC[C@H](CC(=O)CNC(=O)OCc1ccccc1)C(=O)N[C@H](CO)CC1CCCC1=O. The molecule has 2 rings (SSSR count). The summed E-state index contributed by atoms with van der Waals surface area (Å²) < 4.78 is 5.10. The Morgan fingerprint density at radius 1 is 1.21 bits per heavy atom. The van der Waals surface area contributed by atoms with Gasteiger partial charge in [0.05, 0.1) is 19.2 Å². The molecule has 1 aliphatic carbocycles. The van der Waals surface area contributed by atoms with Crippen LogP contribution in [-0.4, -0.2) is 47.9 Å². The minimum absolute atomic E-state index is 0.00862. The molecule has 1 aromatic rings. The average molecular weight is 461 g/mol. The van der Waals surface area contributed by atoms with E-state index in [9.17, 15) is 24.3 Å². The number of alkyl carbamates (subject to hydrolysis) is 1. The van der Waals surface area contributed by atoms with Crippen LogP contribution in [0.1, 0.15) is 63.9 Å². The number of ketones is 2. The van der Waals surface area contributed by atoms with E-state index < -0.39 is 18.1 Å². The van der Waals surface area contributed by atoms with Crippen molar-refractivity contribution in [3.8, 4) is 0 Å². The lowest BCUT2D eigenvalue weighted by Crippen LogP contribution is -2.43. The Balaban J connectivity index is 1.80. The highest BCUT2D eigenvalue weighted by atomic mass is 16.5. The zero-order valence-electron chi connectivity index (χ0n) is 19.4. The molecular weight excluding hydrogens is 424 g/mol. The molecule has 0 spiro atoms. The molecule has 1 unspecified atom stereocenters. The van der Waals surface area contributed by atoms with Crippen molar-refractivity contribution in [2.24, 2.45) is 11.8 Å². The largest absolute Gasteiger partial charge is 0.445 e. The molecule has 0 aliphatic heterocycles. The summed E-state index contributed by atoms with van der Waals surface area (Å²) in [7, 11) is 0. The summed E-state index contributed by atoms with van der Waals surface area (Å²) in [5.74, 6) is -1.05. The van der Waals surface area contributed by atoms with Crippen molar-refractivity contribution in [3.63, 3.8) is 0 Å². The average Bonchev–Trinajstić information content (AvgIpc) is 3.23. The third-order valence-electron chi connectivity index (χ3n) is 5.96. The maximum Gasteiger partial charge on any atom is 0.407 e. The summed E-state index contributed by atoms with van der Waals surface area (Å²) in [4.78, 5) is 49.0. The van der Waals surface area contributed by atoms with E-state index in [1.54, 1.807) is 0 Å². The first-order valence-electron chi connectivity index (χ1n) is 11.8. The van der Waals surface area contributed by atoms with Gasteiger partial charge in [0.2, 0.25) is 5.91 Å². The molecule has 0 radical (unpaired) electrons. The molecule has 2 amide bonds. The highest BCUT2D eigenvalue weighted by molar-refractivity contribution is 5.89. The number of amides is 2. The quantitative estimate of drug-likeness (QED) is 0.392. The summed E-state index contributed by atoms with van der Waals surface area (Å²) in [6, 6.07) is 8.71. The standard InChI is InChI=1S/C25H36N2O6/c1-2-3-10-20(24(31)27-21(16-28)13-19-11-7-12-23(19)30)14-22(29)15-26-25(32)33-17-18-8-5-4-6-9-18/h4-6,8-9,19-21,28H,2-3,7,10-17H2,1H3,(H,26,32)(H,27,31)/t19?,20-,21+/m1/s1. The van der Waals surface area contributed by atoms with Gasteiger partial charge < -0.3 is 20.5 Å². The van der Waals surface area contributed by atoms with Gasteiger partial charge in [-0.05, 0) is 31.2 Å². The van der Waals surface area contributed by atoms with Crippen molar-refractivity contribution in [3.05, 3.63) is 35.9 Å². The van der Waals surface area contributed by atoms with Gasteiger partial charge in [-0.15, -0.1) is 0 Å². The third-order valence-corrected chi connectivity index (χ3v) is 5.96. The summed E-state index contributed by atoms with van der Waals surface area (Å²) in [5, 5.41) is 14.9. The number of nitrogens with one attached hydrogen (secondary N) is 2. The lowest BCUT2D eigenvalue weighted by Gasteiger charge is -2.23. The summed E-state index contributed by atoms with van der Waals surface area (Å²) in [6.45, 7) is 1.64. The molecule has 0 saturated heterocycles. The molecule has 1 aliphatic rings. The molecule has 8 heteroatoms. The van der Waals surface area contributed by atoms with Crippen LogP contribution >= 0.6 is 0 Å². The van der Waals surface area contributed by atoms with Crippen molar-refractivity contribution < 1.29 is 29.0 Å². The predicted octanol–water partition coefficient (Wildman–Crippen LogP) is 2.91. The van der Waals surface area contributed by atoms with Gasteiger partial charge in [0.1, 0.15) is 12.4 Å². The first kappa shape index (κ1) is 26.5. The third kappa shape index (κ3) is 9.74. The minimum Gasteiger partial charge on any atom is -0.445 e. The number of ether oxygens (including phenoxy) is 1. The topological polar surface area (TPSA) is 122 Å². The molecule has 1 fully saturated rings. The van der Waals surface area contributed by atoms with Crippen LogP contribution in [0.25, 0.3) is 0 Å². The Morgan fingerprint density at radius 3 is 2.61 bits per heavy atom. The van der Waals surface area contributed by atoms with E-state index in [4.69, 9.17) is 4.74 Å². The molecule has 0 aromatic heterocycles. The van der Waals surface area contributed by atoms with E-state index in [1.807, 2.05) is 37.3 Å². The normalized spacial score (nSPS) is 17.3. The number of Topliss-reactive ketones (excluding diaryl/α,β-unsaturated/α-hetero) is 2. The van der Waals surface area contributed by atoms with E-state index in [0.717, 1.165) is 31.2 Å². The molecule has 0 heterocycles. The van der Waals surface area contributed by atoms with Gasteiger partial charge in [-0.2, -0.15) is 0 Å². The Hall–Kier alpha value is -2.74. The Kier molecular flexibility index (Phi) is 11.6. The Bertz CT molecular complexity index is 782. The number of hydrogen-bond donors (Lipinski definition) is 3. The number of unbranched alkanes of at least 4 members (excludes halogenated alkanes) is 1. The second kappa shape index (κ2) is 14.4. The monoisotopic (exact) mass is 460 g/mol. The van der Waals surface area contributed by atoms with Crippen LogP contribution < -0.4 is 10.6 Å². The van der Waals surface area contributed by atoms with E-state index >= 15 is 0 Å². The van der Waals surface area contributed by atoms with Crippen LogP contribution in [0.3, 0.4) is 0 Å². The number of benzene rings is 1. The molecule has 1 aromatic carbocycles. The molecular formula is C25H36N2O6. The molecule has 33 heavy (non-hydrogen) atoms. The fraction of sp³-hybridized carbons (Fsp3) is 0.600. The minimum atomic E-state index is -0.691. The lowest BCUT2D eigenvalue weighted by molar-refractivity contribution is -0.130. The lowest BCUT2D eigenvalue weighted by atomic mass is 9.93. The van der Waals surface area contributed by atoms with Crippen molar-refractivity contribution in [1.29, 1.82) is 0 Å². The smallest absolute Gasteiger partial charge is 0.407 e. The van der Waals surface area contributed by atoms with Gasteiger partial charge in [0, 0.05) is 24.7 Å². The predicted molar refractivity (Wildman–Crippen MR) is 123 cm³/mol. The zero-order valence-corrected chi connectivity index (χ0v) is 19.4. The van der Waals surface area contributed by atoms with Crippen LogP contribution in [0, 0.1) is 11.8 Å². The zero-order chi connectivity index (χ0) is 24.1. The van der Waals surface area contributed by atoms with Crippen molar-refractivity contribution in [1.82, 2.24) is 10.6 Å². The number of rotatable bonds is 14. The summed E-state index contributed by atoms with van der Waals surface area (Å²) in [6.07, 6.45) is 4.11. The first-order chi connectivity index (χ1) is 15.9. The van der Waals surface area contributed by atoms with Crippen LogP contribution in [0.4, 0.5) is 4.79 Å². The van der Waals surface area contributed by atoms with Gasteiger partial charge in [-0.1, -0.05) is 50.1 Å². The number of carbonyl (C=O) groups excluding carboxylic acids is 4. The number of aliphatic hydroxyl groups excluding tert-OH is 1. The second-order valence-electron chi connectivity index (χ2n) is 8.68. The number of hydrogen-bond acceptors (Lipinski definition) is 6. The molecule has 3 atom stereocenters. The van der Waals surface area contributed by atoms with E-state index in [-0.39, 0.29) is 49.6 Å². The van der Waals surface area contributed by atoms with Crippen LogP contribution in [0.2, 0.25) is 0 Å². The van der Waals surface area contributed by atoms with Gasteiger partial charge >= 0.3 is 6.09 Å². The maximum absolute atomic E-state index is 12.8. The Morgan fingerprint density at radius 2 is 1.97 bits per heavy atom. The maximum atomic E-state index is 12.8. The second-order valence-corrected chi connectivity index (χ2v) is 8.68. The molecule has 182 valence electrons. The Labute approximate surface area is 195 Å². The van der Waals surface area contributed by atoms with Crippen molar-refractivity contribution >= 4 is 23.6 Å². The van der Waals surface area contributed by atoms with Gasteiger partial charge in [0.25, 0.3) is 0 Å². The van der Waals surface area contributed by atoms with E-state index in [2.05, 4.69) is 10.6 Å².